The van der Waals surface area contributed by atoms with E-state index in [1.807, 2.05) is 0 Å². The Morgan fingerprint density at radius 1 is 1.53 bits per heavy atom. The molecule has 1 unspecified atom stereocenters. The number of imide groups is 1. The molecule has 2 rings (SSSR count). The van der Waals surface area contributed by atoms with Crippen LogP contribution in [0.3, 0.4) is 0 Å². The lowest BCUT2D eigenvalue weighted by molar-refractivity contribution is -0.137. The normalized spacial score (nSPS) is 19.2. The predicted molar refractivity (Wildman–Crippen MR) is 62.6 cm³/mol. The van der Waals surface area contributed by atoms with E-state index in [1.165, 1.54) is 7.05 Å². The summed E-state index contributed by atoms with van der Waals surface area (Å²) in [5.41, 5.74) is -0.644. The van der Waals surface area contributed by atoms with Gasteiger partial charge < -0.3 is 5.11 Å². The summed E-state index contributed by atoms with van der Waals surface area (Å²) < 4.78 is 1.03. The van der Waals surface area contributed by atoms with E-state index in [2.05, 4.69) is 10.2 Å². The van der Waals surface area contributed by atoms with Gasteiger partial charge in [0.25, 0.3) is 5.91 Å². The van der Waals surface area contributed by atoms with Crippen molar-refractivity contribution < 1.29 is 19.5 Å². The van der Waals surface area contributed by atoms with Gasteiger partial charge in [0.1, 0.15) is 6.04 Å². The SMILES string of the molecule is CN1C(=O)CC(n2c(SCC(=O)O)n[nH]c2=O)C1=O. The summed E-state index contributed by atoms with van der Waals surface area (Å²) >= 11 is 0.806. The van der Waals surface area contributed by atoms with Crippen LogP contribution in [0.25, 0.3) is 0 Å². The maximum atomic E-state index is 11.8. The van der Waals surface area contributed by atoms with Crippen molar-refractivity contribution in [2.24, 2.45) is 0 Å². The fourth-order valence-electron chi connectivity index (χ4n) is 1.73. The molecule has 0 saturated carbocycles. The Hall–Kier alpha value is -2.10. The highest BCUT2D eigenvalue weighted by Gasteiger charge is 2.39. The van der Waals surface area contributed by atoms with Crippen molar-refractivity contribution in [2.45, 2.75) is 17.6 Å². The van der Waals surface area contributed by atoms with Crippen molar-refractivity contribution in [1.82, 2.24) is 19.7 Å². The second-order valence-electron chi connectivity index (χ2n) is 3.87. The highest BCUT2D eigenvalue weighted by molar-refractivity contribution is 7.99. The molecule has 0 radical (unpaired) electrons. The Morgan fingerprint density at radius 2 is 2.21 bits per heavy atom. The number of likely N-dealkylation sites (N-methyl/N-ethyl adjacent to an activating group) is 1. The van der Waals surface area contributed by atoms with Crippen LogP contribution in [-0.2, 0) is 14.4 Å². The van der Waals surface area contributed by atoms with Crippen LogP contribution in [0, 0.1) is 0 Å². The molecule has 1 aromatic heterocycles. The standard InChI is InChI=1S/C9H10N4O5S/c1-12-5(14)2-4(7(12)17)13-8(18)10-11-9(13)19-3-6(15)16/h4H,2-3H2,1H3,(H,10,18)(H,15,16). The molecule has 0 bridgehead atoms. The van der Waals surface area contributed by atoms with Crippen molar-refractivity contribution in [3.63, 3.8) is 0 Å². The number of thioether (sulfide) groups is 1. The molecular formula is C9H10N4O5S. The molecule has 1 atom stereocenters. The van der Waals surface area contributed by atoms with Crippen LogP contribution >= 0.6 is 11.8 Å². The number of carboxylic acids is 1. The lowest BCUT2D eigenvalue weighted by atomic mass is 10.2. The molecule has 1 fully saturated rings. The fraction of sp³-hybridized carbons (Fsp3) is 0.444. The second-order valence-corrected chi connectivity index (χ2v) is 4.82. The number of carbonyl (C=O) groups is 3. The zero-order valence-corrected chi connectivity index (χ0v) is 10.6. The molecule has 0 aromatic carbocycles. The number of nitrogens with zero attached hydrogens (tertiary/aromatic N) is 3. The van der Waals surface area contributed by atoms with Gasteiger partial charge in [0, 0.05) is 7.05 Å². The number of nitrogens with one attached hydrogen (secondary N) is 1. The molecule has 0 aliphatic carbocycles. The molecule has 10 heteroatoms. The number of rotatable bonds is 4. The van der Waals surface area contributed by atoms with Crippen molar-refractivity contribution in [3.8, 4) is 0 Å². The van der Waals surface area contributed by atoms with Crippen molar-refractivity contribution in [3.05, 3.63) is 10.5 Å². The maximum absolute atomic E-state index is 11.8. The number of carboxylic acid groups (broad SMARTS) is 1. The maximum Gasteiger partial charge on any atom is 0.344 e. The topological polar surface area (TPSA) is 125 Å². The largest absolute Gasteiger partial charge is 0.481 e. The minimum Gasteiger partial charge on any atom is -0.481 e. The summed E-state index contributed by atoms with van der Waals surface area (Å²) in [5, 5.41) is 14.5. The number of hydrogen-bond donors (Lipinski definition) is 2. The number of carbonyl (C=O) groups excluding carboxylic acids is 2. The monoisotopic (exact) mass is 286 g/mol. The lowest BCUT2D eigenvalue weighted by Gasteiger charge is -2.10. The van der Waals surface area contributed by atoms with Gasteiger partial charge in [-0.2, -0.15) is 0 Å². The van der Waals surface area contributed by atoms with Crippen LogP contribution in [0.1, 0.15) is 12.5 Å². The Kier molecular flexibility index (Phi) is 3.42. The van der Waals surface area contributed by atoms with E-state index in [0.717, 1.165) is 21.2 Å². The third-order valence-electron chi connectivity index (χ3n) is 2.67. The molecule has 2 N–H and O–H groups in total. The van der Waals surface area contributed by atoms with Crippen molar-refractivity contribution >= 4 is 29.5 Å². The van der Waals surface area contributed by atoms with Crippen molar-refractivity contribution in [1.29, 1.82) is 0 Å². The highest BCUT2D eigenvalue weighted by atomic mass is 32.2. The lowest BCUT2D eigenvalue weighted by Crippen LogP contribution is -2.31. The van der Waals surface area contributed by atoms with Crippen LogP contribution in [0.5, 0.6) is 0 Å². The first-order valence-electron chi connectivity index (χ1n) is 5.23. The number of H-pyrrole nitrogens is 1. The van der Waals surface area contributed by atoms with Gasteiger partial charge in [0.15, 0.2) is 5.16 Å². The molecule has 19 heavy (non-hydrogen) atoms. The summed E-state index contributed by atoms with van der Waals surface area (Å²) in [4.78, 5) is 46.3. The molecule has 0 spiro atoms. The number of aromatic nitrogens is 3. The zero-order valence-electron chi connectivity index (χ0n) is 9.82. The van der Waals surface area contributed by atoms with Crippen LogP contribution in [0.4, 0.5) is 0 Å². The van der Waals surface area contributed by atoms with E-state index in [9.17, 15) is 19.2 Å². The van der Waals surface area contributed by atoms with Gasteiger partial charge in [0.05, 0.1) is 12.2 Å². The summed E-state index contributed by atoms with van der Waals surface area (Å²) in [6.45, 7) is 0. The van der Waals surface area contributed by atoms with Crippen LogP contribution in [0.15, 0.2) is 9.95 Å². The first-order chi connectivity index (χ1) is 8.91. The van der Waals surface area contributed by atoms with E-state index >= 15 is 0 Å². The minimum absolute atomic E-state index is 0.0776. The van der Waals surface area contributed by atoms with Gasteiger partial charge in [-0.15, -0.1) is 5.10 Å². The van der Waals surface area contributed by atoms with Gasteiger partial charge in [-0.05, 0) is 0 Å². The molecule has 9 nitrogen and oxygen atoms in total. The molecule has 1 aliphatic heterocycles. The van der Waals surface area contributed by atoms with Crippen LogP contribution in [-0.4, -0.2) is 55.4 Å². The van der Waals surface area contributed by atoms with E-state index in [1.54, 1.807) is 0 Å². The number of aliphatic carboxylic acids is 1. The van der Waals surface area contributed by atoms with E-state index in [4.69, 9.17) is 5.11 Å². The highest BCUT2D eigenvalue weighted by Crippen LogP contribution is 2.25. The number of hydrogen-bond acceptors (Lipinski definition) is 6. The Bertz CT molecular complexity index is 606. The first kappa shape index (κ1) is 13.3. The van der Waals surface area contributed by atoms with Crippen molar-refractivity contribution in [2.75, 3.05) is 12.8 Å². The Morgan fingerprint density at radius 3 is 2.74 bits per heavy atom. The van der Waals surface area contributed by atoms with E-state index in [0.29, 0.717) is 0 Å². The third-order valence-corrected chi connectivity index (χ3v) is 3.60. The van der Waals surface area contributed by atoms with Gasteiger partial charge in [-0.1, -0.05) is 11.8 Å². The summed E-state index contributed by atoms with van der Waals surface area (Å²) in [5.74, 6) is -2.27. The van der Waals surface area contributed by atoms with Crippen LogP contribution < -0.4 is 5.69 Å². The fourth-order valence-corrected chi connectivity index (χ4v) is 2.44. The summed E-state index contributed by atoms with van der Waals surface area (Å²) in [6.07, 6.45) is -0.130. The van der Waals surface area contributed by atoms with Gasteiger partial charge in [-0.3, -0.25) is 23.9 Å². The van der Waals surface area contributed by atoms with Gasteiger partial charge in [0.2, 0.25) is 5.91 Å². The summed E-state index contributed by atoms with van der Waals surface area (Å²) in [7, 11) is 1.33. The van der Waals surface area contributed by atoms with E-state index in [-0.39, 0.29) is 17.3 Å². The molecule has 1 saturated heterocycles. The zero-order chi connectivity index (χ0) is 14.2. The molecular weight excluding hydrogens is 276 g/mol. The predicted octanol–water partition coefficient (Wildman–Crippen LogP) is -1.32. The van der Waals surface area contributed by atoms with Gasteiger partial charge >= 0.3 is 11.7 Å². The van der Waals surface area contributed by atoms with Crippen LogP contribution in [0.2, 0.25) is 0 Å². The number of amides is 2. The summed E-state index contributed by atoms with van der Waals surface area (Å²) in [6, 6.07) is -0.958. The molecule has 1 aromatic rings. The third kappa shape index (κ3) is 2.38. The Balaban J connectivity index is 2.32. The molecule has 2 amide bonds. The first-order valence-corrected chi connectivity index (χ1v) is 6.22. The second kappa shape index (κ2) is 4.88. The minimum atomic E-state index is -1.07. The number of likely N-dealkylation sites (tertiary alicyclic amines) is 1. The quantitative estimate of drug-likeness (QED) is 0.519. The van der Waals surface area contributed by atoms with E-state index < -0.39 is 29.5 Å². The molecule has 2 heterocycles. The molecule has 102 valence electrons. The Labute approximate surface area is 110 Å². The smallest absolute Gasteiger partial charge is 0.344 e. The number of aromatic amines is 1. The average Bonchev–Trinajstić information content (AvgIpc) is 2.82. The van der Waals surface area contributed by atoms with Gasteiger partial charge in [-0.25, -0.2) is 9.89 Å². The molecule has 1 aliphatic rings. The average molecular weight is 286 g/mol.